The van der Waals surface area contributed by atoms with Crippen molar-refractivity contribution in [3.63, 3.8) is 0 Å². The highest BCUT2D eigenvalue weighted by Gasteiger charge is 2.43. The first-order valence-corrected chi connectivity index (χ1v) is 11.7. The van der Waals surface area contributed by atoms with E-state index < -0.39 is 21.3 Å². The lowest BCUT2D eigenvalue weighted by molar-refractivity contribution is -0.110. The third-order valence-corrected chi connectivity index (χ3v) is 6.98. The van der Waals surface area contributed by atoms with Crippen molar-refractivity contribution >= 4 is 10.0 Å². The Morgan fingerprint density at radius 2 is 1.90 bits per heavy atom. The number of ether oxygens (including phenoxy) is 3. The van der Waals surface area contributed by atoms with Gasteiger partial charge in [-0.3, -0.25) is 4.84 Å². The maximum atomic E-state index is 12.9. The van der Waals surface area contributed by atoms with Crippen LogP contribution in [-0.2, 0) is 26.2 Å². The van der Waals surface area contributed by atoms with Crippen LogP contribution >= 0.6 is 0 Å². The third-order valence-electron chi connectivity index (χ3n) is 5.18. The number of sulfonamides is 1. The number of benzene rings is 2. The lowest BCUT2D eigenvalue weighted by atomic mass is 10.0. The van der Waals surface area contributed by atoms with Crippen molar-refractivity contribution < 1.29 is 27.5 Å². The zero-order valence-corrected chi connectivity index (χ0v) is 18.9. The third kappa shape index (κ3) is 5.96. The maximum Gasteiger partial charge on any atom is 0.218 e. The van der Waals surface area contributed by atoms with E-state index in [1.54, 1.807) is 32.4 Å². The number of hydrogen-bond donors (Lipinski definition) is 1. The van der Waals surface area contributed by atoms with Crippen molar-refractivity contribution in [1.82, 2.24) is 9.79 Å². The molecule has 1 saturated heterocycles. The van der Waals surface area contributed by atoms with Crippen LogP contribution in [0, 0.1) is 0 Å². The lowest BCUT2D eigenvalue weighted by Crippen LogP contribution is -2.39. The molecule has 1 aliphatic rings. The Kier molecular flexibility index (Phi) is 8.28. The number of hydroxylamine groups is 2. The van der Waals surface area contributed by atoms with Gasteiger partial charge >= 0.3 is 0 Å². The van der Waals surface area contributed by atoms with E-state index in [2.05, 4.69) is 4.72 Å². The van der Waals surface area contributed by atoms with E-state index in [4.69, 9.17) is 19.0 Å². The highest BCUT2D eigenvalue weighted by molar-refractivity contribution is 7.90. The molecule has 0 aromatic heterocycles. The topological polar surface area (TPSA) is 86.3 Å². The van der Waals surface area contributed by atoms with Crippen LogP contribution in [0.4, 0.5) is 0 Å². The molecule has 0 aliphatic carbocycles. The summed E-state index contributed by atoms with van der Waals surface area (Å²) in [6.07, 6.45) is 0.601. The van der Waals surface area contributed by atoms with E-state index in [1.165, 1.54) is 0 Å². The Hall–Kier alpha value is -2.17. The highest BCUT2D eigenvalue weighted by atomic mass is 32.2. The van der Waals surface area contributed by atoms with Crippen molar-refractivity contribution in [2.24, 2.45) is 0 Å². The number of methoxy groups -OCH3 is 2. The predicted molar refractivity (Wildman–Crippen MR) is 117 cm³/mol. The Morgan fingerprint density at radius 1 is 1.13 bits per heavy atom. The molecule has 0 bridgehead atoms. The molecule has 0 saturated carbocycles. The van der Waals surface area contributed by atoms with Gasteiger partial charge in [0, 0.05) is 27.3 Å². The molecule has 2 atom stereocenters. The van der Waals surface area contributed by atoms with E-state index in [9.17, 15) is 8.42 Å². The molecule has 0 amide bonds. The normalized spacial score (nSPS) is 19.5. The Bertz CT molecular complexity index is 938. The van der Waals surface area contributed by atoms with Gasteiger partial charge in [-0.05, 0) is 29.7 Å². The van der Waals surface area contributed by atoms with E-state index in [-0.39, 0.29) is 6.61 Å². The average Bonchev–Trinajstić information content (AvgIpc) is 3.18. The SMILES string of the molecule is COCCCNS(=O)(=O)[C@@H]1CON(C)[C@@H]1c1ccc(OC)c(OCc2ccccc2)c1. The van der Waals surface area contributed by atoms with Gasteiger partial charge in [-0.25, -0.2) is 13.1 Å². The zero-order valence-electron chi connectivity index (χ0n) is 18.1. The Balaban J connectivity index is 1.80. The molecule has 0 radical (unpaired) electrons. The van der Waals surface area contributed by atoms with Gasteiger partial charge < -0.3 is 14.2 Å². The summed E-state index contributed by atoms with van der Waals surface area (Å²) in [4.78, 5) is 5.59. The van der Waals surface area contributed by atoms with Crippen LogP contribution in [-0.4, -0.2) is 59.8 Å². The molecule has 170 valence electrons. The van der Waals surface area contributed by atoms with Gasteiger partial charge in [0.1, 0.15) is 11.9 Å². The van der Waals surface area contributed by atoms with Crippen molar-refractivity contribution in [3.8, 4) is 11.5 Å². The number of hydrogen-bond acceptors (Lipinski definition) is 7. The summed E-state index contributed by atoms with van der Waals surface area (Å²) in [5.74, 6) is 1.13. The van der Waals surface area contributed by atoms with E-state index in [0.717, 1.165) is 11.1 Å². The van der Waals surface area contributed by atoms with Crippen LogP contribution in [0.2, 0.25) is 0 Å². The van der Waals surface area contributed by atoms with E-state index >= 15 is 0 Å². The summed E-state index contributed by atoms with van der Waals surface area (Å²) in [6, 6.07) is 14.8. The molecule has 1 N–H and O–H groups in total. The maximum absolute atomic E-state index is 12.9. The van der Waals surface area contributed by atoms with Crippen LogP contribution in [0.25, 0.3) is 0 Å². The smallest absolute Gasteiger partial charge is 0.218 e. The van der Waals surface area contributed by atoms with Crippen molar-refractivity contribution in [2.45, 2.75) is 24.3 Å². The summed E-state index contributed by atoms with van der Waals surface area (Å²) in [5, 5.41) is 0.831. The summed E-state index contributed by atoms with van der Waals surface area (Å²) >= 11 is 0. The van der Waals surface area contributed by atoms with Gasteiger partial charge in [0.15, 0.2) is 11.5 Å². The fourth-order valence-electron chi connectivity index (χ4n) is 3.54. The minimum atomic E-state index is -3.60. The van der Waals surface area contributed by atoms with Crippen LogP contribution in [0.15, 0.2) is 48.5 Å². The molecule has 31 heavy (non-hydrogen) atoms. The average molecular weight is 451 g/mol. The first kappa shape index (κ1) is 23.5. The molecule has 0 unspecified atom stereocenters. The second kappa shape index (κ2) is 10.9. The second-order valence-electron chi connectivity index (χ2n) is 7.30. The van der Waals surface area contributed by atoms with Crippen LogP contribution in [0.1, 0.15) is 23.6 Å². The fraction of sp³-hybridized carbons (Fsp3) is 0.455. The largest absolute Gasteiger partial charge is 0.493 e. The summed E-state index contributed by atoms with van der Waals surface area (Å²) in [7, 11) is 1.30. The van der Waals surface area contributed by atoms with Gasteiger partial charge in [0.05, 0.1) is 19.8 Å². The zero-order chi connectivity index (χ0) is 22.3. The second-order valence-corrected chi connectivity index (χ2v) is 9.28. The van der Waals surface area contributed by atoms with Gasteiger partial charge in [-0.2, -0.15) is 5.06 Å². The predicted octanol–water partition coefficient (Wildman–Crippen LogP) is 2.52. The Labute approximate surface area is 184 Å². The molecule has 3 rings (SSSR count). The van der Waals surface area contributed by atoms with Crippen molar-refractivity contribution in [3.05, 3.63) is 59.7 Å². The van der Waals surface area contributed by atoms with Crippen LogP contribution in [0.3, 0.4) is 0 Å². The van der Waals surface area contributed by atoms with Crippen LogP contribution < -0.4 is 14.2 Å². The molecule has 1 heterocycles. The number of nitrogens with one attached hydrogen (secondary N) is 1. The first-order valence-electron chi connectivity index (χ1n) is 10.1. The molecule has 2 aromatic rings. The van der Waals surface area contributed by atoms with E-state index in [0.29, 0.717) is 37.7 Å². The van der Waals surface area contributed by atoms with Crippen molar-refractivity contribution in [2.75, 3.05) is 41.0 Å². The van der Waals surface area contributed by atoms with Gasteiger partial charge in [0.2, 0.25) is 10.0 Å². The van der Waals surface area contributed by atoms with Crippen LogP contribution in [0.5, 0.6) is 11.5 Å². The summed E-state index contributed by atoms with van der Waals surface area (Å²) in [5.41, 5.74) is 1.80. The van der Waals surface area contributed by atoms with Gasteiger partial charge in [-0.1, -0.05) is 36.4 Å². The number of rotatable bonds is 11. The fourth-order valence-corrected chi connectivity index (χ4v) is 5.09. The Morgan fingerprint density at radius 3 is 2.61 bits per heavy atom. The lowest BCUT2D eigenvalue weighted by Gasteiger charge is -2.24. The molecule has 9 heteroatoms. The van der Waals surface area contributed by atoms with Gasteiger partial charge in [-0.15, -0.1) is 0 Å². The number of nitrogens with zero attached hydrogens (tertiary/aromatic N) is 1. The molecule has 2 aromatic carbocycles. The molecular formula is C22H30N2O6S. The molecule has 1 aliphatic heterocycles. The molecule has 1 fully saturated rings. The summed E-state index contributed by atoms with van der Waals surface area (Å²) < 4.78 is 44.9. The van der Waals surface area contributed by atoms with Crippen molar-refractivity contribution in [1.29, 1.82) is 0 Å². The first-order chi connectivity index (χ1) is 15.0. The standard InChI is InChI=1S/C22H30N2O6S/c1-24-22(21(16-30-24)31(25,26)23-12-7-13-27-2)18-10-11-19(28-3)20(14-18)29-15-17-8-5-4-6-9-17/h4-6,8-11,14,21-23H,7,12-13,15-16H2,1-3H3/t21-,22-/m1/s1. The summed E-state index contributed by atoms with van der Waals surface area (Å²) in [6.45, 7) is 1.26. The quantitative estimate of drug-likeness (QED) is 0.527. The molecule has 0 spiro atoms. The minimum Gasteiger partial charge on any atom is -0.493 e. The monoisotopic (exact) mass is 450 g/mol. The molecular weight excluding hydrogens is 420 g/mol. The van der Waals surface area contributed by atoms with E-state index in [1.807, 2.05) is 42.5 Å². The minimum absolute atomic E-state index is 0.0764. The molecule has 8 nitrogen and oxygen atoms in total. The highest BCUT2D eigenvalue weighted by Crippen LogP contribution is 2.38. The van der Waals surface area contributed by atoms with Gasteiger partial charge in [0.25, 0.3) is 0 Å².